The number of hydrogen-bond acceptors (Lipinski definition) is 2. The summed E-state index contributed by atoms with van der Waals surface area (Å²) in [5.74, 6) is -0.358. The molecule has 0 fully saturated rings. The van der Waals surface area contributed by atoms with Crippen LogP contribution in [0, 0.1) is 6.07 Å². The zero-order valence-corrected chi connectivity index (χ0v) is 7.54. The van der Waals surface area contributed by atoms with Crippen molar-refractivity contribution in [2.24, 2.45) is 0 Å². The topological polar surface area (TPSA) is 26.3 Å². The molecule has 2 nitrogen and oxygen atoms in total. The van der Waals surface area contributed by atoms with Crippen LogP contribution in [0.1, 0.15) is 12.5 Å². The molecule has 67 valence electrons. The molecule has 0 saturated heterocycles. The third-order valence-corrected chi connectivity index (χ3v) is 1.49. The van der Waals surface area contributed by atoms with E-state index >= 15 is 0 Å². The average molecular weight is 175 g/mol. The van der Waals surface area contributed by atoms with Crippen LogP contribution in [0.3, 0.4) is 0 Å². The van der Waals surface area contributed by atoms with Crippen LogP contribution in [0.2, 0.25) is 0 Å². The first-order chi connectivity index (χ1) is 6.20. The molecule has 0 aliphatic carbocycles. The van der Waals surface area contributed by atoms with E-state index in [0.717, 1.165) is 5.56 Å². The molecule has 0 saturated carbocycles. The summed E-state index contributed by atoms with van der Waals surface area (Å²) in [4.78, 5) is 11.0. The Morgan fingerprint density at radius 1 is 1.69 bits per heavy atom. The summed E-state index contributed by atoms with van der Waals surface area (Å²) in [5, 5.41) is 0. The van der Waals surface area contributed by atoms with Gasteiger partial charge in [-0.25, -0.2) is 4.79 Å². The Hall–Kier alpha value is -1.57. The fourth-order valence-electron chi connectivity index (χ4n) is 0.792. The van der Waals surface area contributed by atoms with Crippen molar-refractivity contribution >= 4 is 5.97 Å². The second kappa shape index (κ2) is 4.45. The van der Waals surface area contributed by atoms with E-state index < -0.39 is 0 Å². The number of rotatable bonds is 3. The fourth-order valence-corrected chi connectivity index (χ4v) is 0.792. The summed E-state index contributed by atoms with van der Waals surface area (Å²) in [6, 6.07) is 10.2. The molecule has 1 aromatic rings. The van der Waals surface area contributed by atoms with E-state index in [1.165, 1.54) is 0 Å². The molecule has 0 amide bonds. The summed E-state index contributed by atoms with van der Waals surface area (Å²) >= 11 is 0. The number of benzene rings is 1. The lowest BCUT2D eigenvalue weighted by Gasteiger charge is -2.03. The van der Waals surface area contributed by atoms with Crippen LogP contribution in [-0.4, -0.2) is 5.97 Å². The van der Waals surface area contributed by atoms with Gasteiger partial charge in [0.25, 0.3) is 0 Å². The zero-order valence-electron chi connectivity index (χ0n) is 7.54. The largest absolute Gasteiger partial charge is 0.457 e. The molecule has 1 aromatic carbocycles. The van der Waals surface area contributed by atoms with Crippen molar-refractivity contribution in [2.75, 3.05) is 0 Å². The smallest absolute Gasteiger partial charge is 0.333 e. The molecule has 13 heavy (non-hydrogen) atoms. The Bertz CT molecular complexity index is 301. The van der Waals surface area contributed by atoms with E-state index in [9.17, 15) is 4.79 Å². The standard InChI is InChI=1S/C11H11O2/c1-9(2)11(12)13-8-10-6-4-3-5-7-10/h3-4,6-7H,1,8H2,2H3. The summed E-state index contributed by atoms with van der Waals surface area (Å²) in [7, 11) is 0. The Kier molecular flexibility index (Phi) is 3.26. The van der Waals surface area contributed by atoms with E-state index in [-0.39, 0.29) is 12.6 Å². The van der Waals surface area contributed by atoms with Gasteiger partial charge in [-0.15, -0.1) is 0 Å². The molecule has 0 spiro atoms. The number of esters is 1. The van der Waals surface area contributed by atoms with E-state index in [4.69, 9.17) is 4.74 Å². The zero-order chi connectivity index (χ0) is 9.68. The van der Waals surface area contributed by atoms with E-state index in [1.807, 2.05) is 12.1 Å². The molecule has 0 aliphatic heterocycles. The van der Waals surface area contributed by atoms with Gasteiger partial charge in [0.2, 0.25) is 0 Å². The summed E-state index contributed by atoms with van der Waals surface area (Å²) in [5.41, 5.74) is 1.34. The van der Waals surface area contributed by atoms with Crippen molar-refractivity contribution in [3.8, 4) is 0 Å². The number of ether oxygens (including phenoxy) is 1. The Morgan fingerprint density at radius 2 is 2.46 bits per heavy atom. The van der Waals surface area contributed by atoms with Crippen molar-refractivity contribution in [1.82, 2.24) is 0 Å². The SMILES string of the molecule is C=C(C)C(=O)OCc1c[c]ccc1. The quantitative estimate of drug-likeness (QED) is 0.519. The monoisotopic (exact) mass is 175 g/mol. The number of carbonyl (C=O) groups excluding carboxylic acids is 1. The maximum Gasteiger partial charge on any atom is 0.333 e. The fraction of sp³-hybridized carbons (Fsp3) is 0.182. The summed E-state index contributed by atoms with van der Waals surface area (Å²) < 4.78 is 4.93. The highest BCUT2D eigenvalue weighted by molar-refractivity contribution is 5.86. The van der Waals surface area contributed by atoms with Crippen LogP contribution in [0.5, 0.6) is 0 Å². The van der Waals surface area contributed by atoms with Crippen molar-refractivity contribution in [3.63, 3.8) is 0 Å². The van der Waals surface area contributed by atoms with Crippen molar-refractivity contribution in [3.05, 3.63) is 48.0 Å². The molecule has 0 bridgehead atoms. The van der Waals surface area contributed by atoms with E-state index in [1.54, 1.807) is 19.1 Å². The minimum atomic E-state index is -0.358. The third kappa shape index (κ3) is 3.11. The van der Waals surface area contributed by atoms with Crippen LogP contribution in [0.25, 0.3) is 0 Å². The van der Waals surface area contributed by atoms with Gasteiger partial charge in [-0.2, -0.15) is 0 Å². The first-order valence-corrected chi connectivity index (χ1v) is 3.98. The van der Waals surface area contributed by atoms with Gasteiger partial charge >= 0.3 is 5.97 Å². The summed E-state index contributed by atoms with van der Waals surface area (Å²) in [6.45, 7) is 5.39. The first kappa shape index (κ1) is 9.52. The van der Waals surface area contributed by atoms with Gasteiger partial charge in [-0.3, -0.25) is 0 Å². The maximum absolute atomic E-state index is 11.0. The number of carbonyl (C=O) groups is 1. The molecule has 1 rings (SSSR count). The number of hydrogen-bond donors (Lipinski definition) is 0. The van der Waals surface area contributed by atoms with Crippen molar-refractivity contribution in [1.29, 1.82) is 0 Å². The molecule has 0 N–H and O–H groups in total. The van der Waals surface area contributed by atoms with E-state index in [0.29, 0.717) is 5.57 Å². The van der Waals surface area contributed by atoms with Gasteiger partial charge in [0.05, 0.1) is 0 Å². The molecule has 0 unspecified atom stereocenters. The average Bonchev–Trinajstić information content (AvgIpc) is 2.15. The summed E-state index contributed by atoms with van der Waals surface area (Å²) in [6.07, 6.45) is 0. The van der Waals surface area contributed by atoms with Crippen LogP contribution in [0.15, 0.2) is 36.4 Å². The van der Waals surface area contributed by atoms with Gasteiger partial charge < -0.3 is 4.74 Å². The third-order valence-electron chi connectivity index (χ3n) is 1.49. The molecule has 0 aliphatic rings. The molecular formula is C11H11O2. The molecule has 0 atom stereocenters. The van der Waals surface area contributed by atoms with Gasteiger partial charge in [0.15, 0.2) is 0 Å². The van der Waals surface area contributed by atoms with Crippen LogP contribution >= 0.6 is 0 Å². The van der Waals surface area contributed by atoms with Crippen LogP contribution in [0.4, 0.5) is 0 Å². The van der Waals surface area contributed by atoms with Gasteiger partial charge in [0.1, 0.15) is 6.61 Å². The highest BCUT2D eigenvalue weighted by Crippen LogP contribution is 2.02. The van der Waals surface area contributed by atoms with Gasteiger partial charge in [0, 0.05) is 5.57 Å². The van der Waals surface area contributed by atoms with E-state index in [2.05, 4.69) is 12.6 Å². The molecule has 1 radical (unpaired) electrons. The Morgan fingerprint density at radius 3 is 3.00 bits per heavy atom. The molecule has 0 heterocycles. The molecule has 0 aromatic heterocycles. The maximum atomic E-state index is 11.0. The Labute approximate surface area is 77.8 Å². The van der Waals surface area contributed by atoms with Crippen molar-refractivity contribution < 1.29 is 9.53 Å². The lowest BCUT2D eigenvalue weighted by molar-refractivity contribution is -0.140. The Balaban J connectivity index is 2.44. The highest BCUT2D eigenvalue weighted by atomic mass is 16.5. The normalized spacial score (nSPS) is 9.31. The molecule has 2 heteroatoms. The lowest BCUT2D eigenvalue weighted by atomic mass is 10.2. The lowest BCUT2D eigenvalue weighted by Crippen LogP contribution is -2.04. The van der Waals surface area contributed by atoms with Gasteiger partial charge in [-0.1, -0.05) is 24.8 Å². The molecular weight excluding hydrogens is 164 g/mol. The minimum Gasteiger partial charge on any atom is -0.457 e. The van der Waals surface area contributed by atoms with Gasteiger partial charge in [-0.05, 0) is 24.6 Å². The second-order valence-corrected chi connectivity index (χ2v) is 2.77. The van der Waals surface area contributed by atoms with Crippen LogP contribution in [-0.2, 0) is 16.1 Å². The highest BCUT2D eigenvalue weighted by Gasteiger charge is 2.02. The predicted molar refractivity (Wildman–Crippen MR) is 49.9 cm³/mol. The second-order valence-electron chi connectivity index (χ2n) is 2.77. The van der Waals surface area contributed by atoms with Crippen LogP contribution < -0.4 is 0 Å². The first-order valence-electron chi connectivity index (χ1n) is 3.98. The van der Waals surface area contributed by atoms with Crippen molar-refractivity contribution in [2.45, 2.75) is 13.5 Å². The predicted octanol–water partition coefficient (Wildman–Crippen LogP) is 2.11. The minimum absolute atomic E-state index is 0.281.